The third-order valence-electron chi connectivity index (χ3n) is 2.72. The van der Waals surface area contributed by atoms with Gasteiger partial charge in [-0.15, -0.1) is 0 Å². The average Bonchev–Trinajstić information content (AvgIpc) is 2.80. The van der Waals surface area contributed by atoms with Crippen molar-refractivity contribution in [1.29, 1.82) is 0 Å². The van der Waals surface area contributed by atoms with Crippen LogP contribution in [0.15, 0.2) is 42.6 Å². The molecule has 0 aliphatic rings. The zero-order valence-corrected chi connectivity index (χ0v) is 9.42. The number of aromatic nitrogens is 3. The highest BCUT2D eigenvalue weighted by Gasteiger charge is 2.06. The van der Waals surface area contributed by atoms with Crippen molar-refractivity contribution in [3.63, 3.8) is 0 Å². The number of aliphatic hydroxyl groups excluding tert-OH is 1. The second-order valence-electron chi connectivity index (χ2n) is 3.91. The summed E-state index contributed by atoms with van der Waals surface area (Å²) < 4.78 is 14.7. The molecule has 2 heterocycles. The van der Waals surface area contributed by atoms with E-state index in [1.807, 2.05) is 0 Å². The first kappa shape index (κ1) is 10.9. The zero-order valence-electron chi connectivity index (χ0n) is 9.42. The molecule has 0 spiro atoms. The highest BCUT2D eigenvalue weighted by molar-refractivity contribution is 5.60. The minimum Gasteiger partial charge on any atom is -0.390 e. The Morgan fingerprint density at radius 2 is 2.11 bits per heavy atom. The molecule has 18 heavy (non-hydrogen) atoms. The van der Waals surface area contributed by atoms with Gasteiger partial charge >= 0.3 is 0 Å². The monoisotopic (exact) mass is 243 g/mol. The molecule has 5 heteroatoms. The summed E-state index contributed by atoms with van der Waals surface area (Å²) in [7, 11) is 0. The Morgan fingerprint density at radius 3 is 2.89 bits per heavy atom. The molecule has 0 saturated heterocycles. The Hall–Kier alpha value is -2.27. The highest BCUT2D eigenvalue weighted by atomic mass is 19.1. The molecule has 2 aromatic heterocycles. The Kier molecular flexibility index (Phi) is 2.53. The van der Waals surface area contributed by atoms with Crippen LogP contribution in [0.2, 0.25) is 0 Å². The van der Waals surface area contributed by atoms with Gasteiger partial charge in [0.25, 0.3) is 0 Å². The SMILES string of the molecule is OCc1cnc2ccc(-c3cccc(F)c3)nn12. The van der Waals surface area contributed by atoms with Crippen molar-refractivity contribution in [2.45, 2.75) is 6.61 Å². The number of fused-ring (bicyclic) bond motifs is 1. The first-order valence-electron chi connectivity index (χ1n) is 5.48. The van der Waals surface area contributed by atoms with Gasteiger partial charge in [0, 0.05) is 5.56 Å². The van der Waals surface area contributed by atoms with Crippen LogP contribution in [0, 0.1) is 5.82 Å². The molecular formula is C13H10FN3O. The quantitative estimate of drug-likeness (QED) is 0.749. The van der Waals surface area contributed by atoms with E-state index < -0.39 is 0 Å². The van der Waals surface area contributed by atoms with E-state index in [4.69, 9.17) is 5.11 Å². The molecule has 3 aromatic rings. The largest absolute Gasteiger partial charge is 0.390 e. The Morgan fingerprint density at radius 1 is 1.22 bits per heavy atom. The van der Waals surface area contributed by atoms with Crippen LogP contribution < -0.4 is 0 Å². The summed E-state index contributed by atoms with van der Waals surface area (Å²) in [6.45, 7) is -0.138. The molecule has 90 valence electrons. The maximum absolute atomic E-state index is 13.2. The molecular weight excluding hydrogens is 233 g/mol. The summed E-state index contributed by atoms with van der Waals surface area (Å²) in [5.74, 6) is -0.303. The number of halogens is 1. The fraction of sp³-hybridized carbons (Fsp3) is 0.0769. The van der Waals surface area contributed by atoms with E-state index in [-0.39, 0.29) is 12.4 Å². The molecule has 0 aliphatic heterocycles. The van der Waals surface area contributed by atoms with Crippen molar-refractivity contribution < 1.29 is 9.50 Å². The number of hydrogen-bond donors (Lipinski definition) is 1. The maximum atomic E-state index is 13.2. The van der Waals surface area contributed by atoms with Crippen LogP contribution in [-0.2, 0) is 6.61 Å². The minimum absolute atomic E-state index is 0.138. The molecule has 0 unspecified atom stereocenters. The van der Waals surface area contributed by atoms with E-state index in [0.717, 1.165) is 0 Å². The van der Waals surface area contributed by atoms with Crippen molar-refractivity contribution in [2.24, 2.45) is 0 Å². The lowest BCUT2D eigenvalue weighted by Crippen LogP contribution is -1.99. The summed E-state index contributed by atoms with van der Waals surface area (Å²) in [6, 6.07) is 9.79. The third-order valence-corrected chi connectivity index (χ3v) is 2.72. The second kappa shape index (κ2) is 4.19. The van der Waals surface area contributed by atoms with E-state index in [0.29, 0.717) is 22.6 Å². The molecule has 0 amide bonds. The average molecular weight is 243 g/mol. The van der Waals surface area contributed by atoms with E-state index in [1.165, 1.54) is 12.1 Å². The van der Waals surface area contributed by atoms with Gasteiger partial charge < -0.3 is 5.11 Å². The van der Waals surface area contributed by atoms with Crippen LogP contribution in [0.5, 0.6) is 0 Å². The molecule has 4 nitrogen and oxygen atoms in total. The fourth-order valence-electron chi connectivity index (χ4n) is 1.83. The van der Waals surface area contributed by atoms with Crippen LogP contribution in [0.25, 0.3) is 16.9 Å². The summed E-state index contributed by atoms with van der Waals surface area (Å²) in [6.07, 6.45) is 1.57. The lowest BCUT2D eigenvalue weighted by molar-refractivity contribution is 0.274. The van der Waals surface area contributed by atoms with Crippen molar-refractivity contribution >= 4 is 5.65 Å². The van der Waals surface area contributed by atoms with Gasteiger partial charge in [-0.2, -0.15) is 5.10 Å². The number of aliphatic hydroxyl groups is 1. The van der Waals surface area contributed by atoms with Gasteiger partial charge in [-0.1, -0.05) is 12.1 Å². The molecule has 0 radical (unpaired) electrons. The van der Waals surface area contributed by atoms with Crippen molar-refractivity contribution in [1.82, 2.24) is 14.6 Å². The van der Waals surface area contributed by atoms with E-state index in [1.54, 1.807) is 35.0 Å². The first-order valence-corrected chi connectivity index (χ1v) is 5.48. The van der Waals surface area contributed by atoms with Gasteiger partial charge in [-0.05, 0) is 24.3 Å². The Labute approximate surface area is 102 Å². The van der Waals surface area contributed by atoms with Gasteiger partial charge in [0.1, 0.15) is 5.82 Å². The van der Waals surface area contributed by atoms with Crippen molar-refractivity contribution in [3.05, 3.63) is 54.1 Å². The van der Waals surface area contributed by atoms with Gasteiger partial charge in [-0.3, -0.25) is 0 Å². The number of benzene rings is 1. The van der Waals surface area contributed by atoms with Crippen LogP contribution in [-0.4, -0.2) is 19.7 Å². The predicted octanol–water partition coefficient (Wildman–Crippen LogP) is 2.03. The molecule has 0 saturated carbocycles. The van der Waals surface area contributed by atoms with Gasteiger partial charge in [0.2, 0.25) is 0 Å². The standard InChI is InChI=1S/C13H10FN3O/c14-10-3-1-2-9(6-10)12-4-5-13-15-7-11(8-18)17(13)16-12/h1-7,18H,8H2. The fourth-order valence-corrected chi connectivity index (χ4v) is 1.83. The van der Waals surface area contributed by atoms with Crippen LogP contribution >= 0.6 is 0 Å². The second-order valence-corrected chi connectivity index (χ2v) is 3.91. The van der Waals surface area contributed by atoms with E-state index in [2.05, 4.69) is 10.1 Å². The Bertz CT molecular complexity index is 708. The molecule has 3 rings (SSSR count). The lowest BCUT2D eigenvalue weighted by Gasteiger charge is -2.03. The lowest BCUT2D eigenvalue weighted by atomic mass is 10.1. The summed E-state index contributed by atoms with van der Waals surface area (Å²) in [4.78, 5) is 4.11. The van der Waals surface area contributed by atoms with E-state index >= 15 is 0 Å². The summed E-state index contributed by atoms with van der Waals surface area (Å²) in [5.41, 5.74) is 2.58. The molecule has 0 atom stereocenters. The molecule has 0 fully saturated rings. The van der Waals surface area contributed by atoms with Crippen LogP contribution in [0.3, 0.4) is 0 Å². The zero-order chi connectivity index (χ0) is 12.5. The minimum atomic E-state index is -0.303. The summed E-state index contributed by atoms with van der Waals surface area (Å²) in [5, 5.41) is 13.5. The molecule has 0 aliphatic carbocycles. The maximum Gasteiger partial charge on any atom is 0.153 e. The predicted molar refractivity (Wildman–Crippen MR) is 64.3 cm³/mol. The van der Waals surface area contributed by atoms with Crippen LogP contribution in [0.1, 0.15) is 5.69 Å². The molecule has 1 N–H and O–H groups in total. The van der Waals surface area contributed by atoms with Crippen molar-refractivity contribution in [2.75, 3.05) is 0 Å². The topological polar surface area (TPSA) is 50.4 Å². The smallest absolute Gasteiger partial charge is 0.153 e. The van der Waals surface area contributed by atoms with Crippen LogP contribution in [0.4, 0.5) is 4.39 Å². The van der Waals surface area contributed by atoms with Gasteiger partial charge in [0.15, 0.2) is 5.65 Å². The number of nitrogens with zero attached hydrogens (tertiary/aromatic N) is 3. The van der Waals surface area contributed by atoms with Gasteiger partial charge in [-0.25, -0.2) is 13.9 Å². The molecule has 1 aromatic carbocycles. The Balaban J connectivity index is 2.18. The number of rotatable bonds is 2. The normalized spacial score (nSPS) is 11.0. The van der Waals surface area contributed by atoms with E-state index in [9.17, 15) is 4.39 Å². The first-order chi connectivity index (χ1) is 8.78. The summed E-state index contributed by atoms with van der Waals surface area (Å²) >= 11 is 0. The molecule has 0 bridgehead atoms. The number of hydrogen-bond acceptors (Lipinski definition) is 3. The third kappa shape index (κ3) is 1.74. The van der Waals surface area contributed by atoms with Gasteiger partial charge in [0.05, 0.1) is 24.2 Å². The highest BCUT2D eigenvalue weighted by Crippen LogP contribution is 2.18. The number of imidazole rings is 1. The van der Waals surface area contributed by atoms with Crippen molar-refractivity contribution in [3.8, 4) is 11.3 Å².